The molecule has 0 aliphatic rings. The first kappa shape index (κ1) is 22.8. The number of nitro groups is 1. The number of benzene rings is 3. The molecule has 0 saturated heterocycles. The van der Waals surface area contributed by atoms with Crippen molar-refractivity contribution in [2.24, 2.45) is 0 Å². The van der Waals surface area contributed by atoms with E-state index in [1.54, 1.807) is 42.5 Å². The molecule has 0 fully saturated rings. The number of carbonyl (C=O) groups excluding carboxylic acids is 1. The molecule has 3 aromatic carbocycles. The minimum atomic E-state index is -0.688. The Morgan fingerprint density at radius 1 is 1.12 bits per heavy atom. The molecular formula is C23H15Cl2N3O4. The van der Waals surface area contributed by atoms with Gasteiger partial charge in [0.1, 0.15) is 24.0 Å². The Balaban J connectivity index is 1.73. The van der Waals surface area contributed by atoms with Crippen LogP contribution in [0, 0.1) is 21.4 Å². The first-order chi connectivity index (χ1) is 15.4. The van der Waals surface area contributed by atoms with E-state index in [1.165, 1.54) is 30.3 Å². The van der Waals surface area contributed by atoms with E-state index in [4.69, 9.17) is 27.9 Å². The molecule has 0 radical (unpaired) electrons. The van der Waals surface area contributed by atoms with Gasteiger partial charge < -0.3 is 10.1 Å². The molecule has 32 heavy (non-hydrogen) atoms. The van der Waals surface area contributed by atoms with Crippen LogP contribution in [0.2, 0.25) is 10.0 Å². The maximum Gasteiger partial charge on any atom is 0.271 e. The Morgan fingerprint density at radius 3 is 2.62 bits per heavy atom. The van der Waals surface area contributed by atoms with Crippen molar-refractivity contribution in [3.8, 4) is 11.8 Å². The fourth-order valence-electron chi connectivity index (χ4n) is 2.70. The number of nitriles is 1. The van der Waals surface area contributed by atoms with Crippen LogP contribution in [0.1, 0.15) is 11.1 Å². The molecule has 9 heteroatoms. The predicted octanol–water partition coefficient (Wildman–Crippen LogP) is 6.03. The van der Waals surface area contributed by atoms with Gasteiger partial charge in [-0.15, -0.1) is 0 Å². The average molecular weight is 468 g/mol. The molecule has 0 saturated carbocycles. The maximum atomic E-state index is 12.5. The van der Waals surface area contributed by atoms with Gasteiger partial charge in [-0.25, -0.2) is 0 Å². The Morgan fingerprint density at radius 2 is 1.91 bits per heavy atom. The van der Waals surface area contributed by atoms with E-state index in [0.717, 1.165) is 5.56 Å². The summed E-state index contributed by atoms with van der Waals surface area (Å²) in [5.74, 6) is -0.173. The molecule has 1 N–H and O–H groups in total. The van der Waals surface area contributed by atoms with Crippen LogP contribution in [0.25, 0.3) is 6.08 Å². The molecule has 1 amide bonds. The number of halogens is 2. The zero-order chi connectivity index (χ0) is 23.1. The zero-order valence-corrected chi connectivity index (χ0v) is 17.9. The van der Waals surface area contributed by atoms with Gasteiger partial charge in [0.25, 0.3) is 11.6 Å². The summed E-state index contributed by atoms with van der Waals surface area (Å²) in [6.07, 6.45) is 1.40. The standard InChI is InChI=1S/C23H15Cl2N3O4/c24-18-8-7-16(22(25)11-18)14-32-21-6-1-3-15(10-21)9-17(13-26)23(29)27-19-4-2-5-20(12-19)28(30)31/h1-12H,14H2,(H,27,29)/b17-9+. The van der Waals surface area contributed by atoms with Gasteiger partial charge in [-0.2, -0.15) is 5.26 Å². The van der Waals surface area contributed by atoms with Crippen molar-refractivity contribution in [2.45, 2.75) is 6.61 Å². The van der Waals surface area contributed by atoms with Crippen LogP contribution < -0.4 is 10.1 Å². The second-order valence-corrected chi connectivity index (χ2v) is 7.37. The SMILES string of the molecule is N#C/C(=C\c1cccc(OCc2ccc(Cl)cc2Cl)c1)C(=O)Nc1cccc([N+](=O)[O-])c1. The third-order valence-electron chi connectivity index (χ3n) is 4.26. The molecule has 0 atom stereocenters. The number of amides is 1. The second kappa shape index (κ2) is 10.4. The van der Waals surface area contributed by atoms with E-state index in [9.17, 15) is 20.2 Å². The second-order valence-electron chi connectivity index (χ2n) is 6.53. The van der Waals surface area contributed by atoms with Crippen LogP contribution >= 0.6 is 23.2 Å². The lowest BCUT2D eigenvalue weighted by Gasteiger charge is -2.09. The normalized spacial score (nSPS) is 10.8. The summed E-state index contributed by atoms with van der Waals surface area (Å²) in [5.41, 5.74) is 1.19. The summed E-state index contributed by atoms with van der Waals surface area (Å²) < 4.78 is 5.76. The maximum absolute atomic E-state index is 12.5. The summed E-state index contributed by atoms with van der Waals surface area (Å²) in [4.78, 5) is 22.8. The van der Waals surface area contributed by atoms with Crippen molar-refractivity contribution in [1.82, 2.24) is 0 Å². The summed E-state index contributed by atoms with van der Waals surface area (Å²) >= 11 is 12.0. The quantitative estimate of drug-likeness (QED) is 0.197. The van der Waals surface area contributed by atoms with Gasteiger partial charge in [0.05, 0.1) is 4.92 Å². The third kappa shape index (κ3) is 6.08. The van der Waals surface area contributed by atoms with E-state index in [1.807, 2.05) is 6.07 Å². The Labute approximate surface area is 193 Å². The zero-order valence-electron chi connectivity index (χ0n) is 16.4. The minimum Gasteiger partial charge on any atom is -0.489 e. The van der Waals surface area contributed by atoms with Gasteiger partial charge in [0.15, 0.2) is 0 Å². The van der Waals surface area contributed by atoms with Gasteiger partial charge >= 0.3 is 0 Å². The number of ether oxygens (including phenoxy) is 1. The number of non-ortho nitro benzene ring substituents is 1. The van der Waals surface area contributed by atoms with E-state index in [0.29, 0.717) is 21.4 Å². The van der Waals surface area contributed by atoms with Crippen molar-refractivity contribution in [1.29, 1.82) is 5.26 Å². The van der Waals surface area contributed by atoms with E-state index >= 15 is 0 Å². The van der Waals surface area contributed by atoms with Gasteiger partial charge in [0, 0.05) is 33.4 Å². The lowest BCUT2D eigenvalue weighted by atomic mass is 10.1. The molecule has 160 valence electrons. The highest BCUT2D eigenvalue weighted by atomic mass is 35.5. The number of nitro benzene ring substituents is 1. The predicted molar refractivity (Wildman–Crippen MR) is 123 cm³/mol. The average Bonchev–Trinajstić information content (AvgIpc) is 2.77. The highest BCUT2D eigenvalue weighted by molar-refractivity contribution is 6.35. The Bertz CT molecular complexity index is 1250. The molecule has 3 rings (SSSR count). The highest BCUT2D eigenvalue weighted by Gasteiger charge is 2.12. The summed E-state index contributed by atoms with van der Waals surface area (Å²) in [5, 5.41) is 23.8. The molecule has 0 spiro atoms. The summed E-state index contributed by atoms with van der Waals surface area (Å²) in [6, 6.07) is 19.2. The topological polar surface area (TPSA) is 105 Å². The van der Waals surface area contributed by atoms with Gasteiger partial charge in [0.2, 0.25) is 0 Å². The molecular weight excluding hydrogens is 453 g/mol. The van der Waals surface area contributed by atoms with Crippen LogP contribution in [-0.4, -0.2) is 10.8 Å². The third-order valence-corrected chi connectivity index (χ3v) is 4.85. The monoisotopic (exact) mass is 467 g/mol. The molecule has 0 heterocycles. The number of carbonyl (C=O) groups is 1. The van der Waals surface area contributed by atoms with Gasteiger partial charge in [-0.05, 0) is 42.0 Å². The van der Waals surface area contributed by atoms with E-state index in [-0.39, 0.29) is 23.6 Å². The van der Waals surface area contributed by atoms with Crippen molar-refractivity contribution < 1.29 is 14.5 Å². The summed E-state index contributed by atoms with van der Waals surface area (Å²) in [7, 11) is 0. The van der Waals surface area contributed by atoms with E-state index in [2.05, 4.69) is 5.32 Å². The fourth-order valence-corrected chi connectivity index (χ4v) is 3.17. The largest absolute Gasteiger partial charge is 0.489 e. The number of anilines is 1. The Kier molecular flexibility index (Phi) is 7.45. The van der Waals surface area contributed by atoms with E-state index < -0.39 is 10.8 Å². The number of hydrogen-bond donors (Lipinski definition) is 1. The number of nitrogens with one attached hydrogen (secondary N) is 1. The van der Waals surface area contributed by atoms with Crippen LogP contribution in [-0.2, 0) is 11.4 Å². The molecule has 0 aromatic heterocycles. The number of rotatable bonds is 7. The van der Waals surface area contributed by atoms with Crippen LogP contribution in [0.15, 0.2) is 72.3 Å². The first-order valence-electron chi connectivity index (χ1n) is 9.20. The molecule has 0 aliphatic heterocycles. The van der Waals surface area contributed by atoms with Gasteiger partial charge in [-0.1, -0.05) is 47.5 Å². The van der Waals surface area contributed by atoms with Crippen molar-refractivity contribution in [2.75, 3.05) is 5.32 Å². The minimum absolute atomic E-state index is 0.170. The lowest BCUT2D eigenvalue weighted by Crippen LogP contribution is -2.13. The highest BCUT2D eigenvalue weighted by Crippen LogP contribution is 2.24. The molecule has 0 aliphatic carbocycles. The smallest absolute Gasteiger partial charge is 0.271 e. The summed E-state index contributed by atoms with van der Waals surface area (Å²) in [6.45, 7) is 0.210. The fraction of sp³-hybridized carbons (Fsp3) is 0.0435. The number of hydrogen-bond acceptors (Lipinski definition) is 5. The van der Waals surface area contributed by atoms with Gasteiger partial charge in [-0.3, -0.25) is 14.9 Å². The van der Waals surface area contributed by atoms with Crippen molar-refractivity contribution >= 4 is 46.6 Å². The molecule has 7 nitrogen and oxygen atoms in total. The molecule has 0 unspecified atom stereocenters. The molecule has 0 bridgehead atoms. The Hall–Kier alpha value is -3.86. The van der Waals surface area contributed by atoms with Crippen LogP contribution in [0.3, 0.4) is 0 Å². The van der Waals surface area contributed by atoms with Crippen LogP contribution in [0.4, 0.5) is 11.4 Å². The lowest BCUT2D eigenvalue weighted by molar-refractivity contribution is -0.384. The first-order valence-corrected chi connectivity index (χ1v) is 9.95. The molecule has 3 aromatic rings. The van der Waals surface area contributed by atoms with Crippen LogP contribution in [0.5, 0.6) is 5.75 Å². The van der Waals surface area contributed by atoms with Crippen molar-refractivity contribution in [3.05, 3.63) is 104 Å². The van der Waals surface area contributed by atoms with Crippen molar-refractivity contribution in [3.63, 3.8) is 0 Å². The number of nitrogens with zero attached hydrogens (tertiary/aromatic N) is 2.